The molecule has 8 heteroatoms. The number of amides is 3. The first-order chi connectivity index (χ1) is 13.0. The van der Waals surface area contributed by atoms with Gasteiger partial charge in [-0.3, -0.25) is 14.4 Å². The van der Waals surface area contributed by atoms with Gasteiger partial charge in [-0.25, -0.2) is 4.98 Å². The van der Waals surface area contributed by atoms with Crippen LogP contribution in [0.2, 0.25) is 0 Å². The third-order valence-electron chi connectivity index (χ3n) is 4.18. The number of piperazine rings is 1. The Morgan fingerprint density at radius 1 is 0.926 bits per heavy atom. The standard InChI is InChI=1S/C19H21N5O3/c1-14(25)21-15-5-4-6-16(13-15)22-18(26)19(27)24-11-9-23(10-12-24)17-7-2-3-8-20-17/h2-8,13H,9-12H2,1H3,(H,21,25)(H,22,26). The lowest BCUT2D eigenvalue weighted by Crippen LogP contribution is -2.51. The van der Waals surface area contributed by atoms with Crippen LogP contribution in [-0.4, -0.2) is 53.8 Å². The number of nitrogens with zero attached hydrogens (tertiary/aromatic N) is 3. The van der Waals surface area contributed by atoms with Gasteiger partial charge in [-0.1, -0.05) is 12.1 Å². The van der Waals surface area contributed by atoms with Crippen LogP contribution in [0.25, 0.3) is 0 Å². The van der Waals surface area contributed by atoms with E-state index in [2.05, 4.69) is 20.5 Å². The van der Waals surface area contributed by atoms with Gasteiger partial charge in [-0.05, 0) is 30.3 Å². The summed E-state index contributed by atoms with van der Waals surface area (Å²) in [5.74, 6) is -0.606. The highest BCUT2D eigenvalue weighted by atomic mass is 16.2. The van der Waals surface area contributed by atoms with Crippen molar-refractivity contribution in [3.8, 4) is 0 Å². The van der Waals surface area contributed by atoms with E-state index in [1.807, 2.05) is 18.2 Å². The number of nitrogens with one attached hydrogen (secondary N) is 2. The number of benzene rings is 1. The molecule has 0 aliphatic carbocycles. The topological polar surface area (TPSA) is 94.6 Å². The third kappa shape index (κ3) is 4.81. The molecule has 1 aromatic carbocycles. The Balaban J connectivity index is 1.55. The Labute approximate surface area is 157 Å². The minimum atomic E-state index is -0.693. The zero-order valence-electron chi connectivity index (χ0n) is 15.0. The summed E-state index contributed by atoms with van der Waals surface area (Å²) in [4.78, 5) is 43.7. The van der Waals surface area contributed by atoms with Gasteiger partial charge >= 0.3 is 11.8 Å². The van der Waals surface area contributed by atoms with Gasteiger partial charge in [0.2, 0.25) is 5.91 Å². The summed E-state index contributed by atoms with van der Waals surface area (Å²) in [6.45, 7) is 3.55. The normalized spacial score (nSPS) is 13.8. The van der Waals surface area contributed by atoms with Crippen LogP contribution in [-0.2, 0) is 14.4 Å². The van der Waals surface area contributed by atoms with Crippen LogP contribution >= 0.6 is 0 Å². The molecular weight excluding hydrogens is 346 g/mol. The van der Waals surface area contributed by atoms with Crippen LogP contribution in [0.3, 0.4) is 0 Å². The highest BCUT2D eigenvalue weighted by Crippen LogP contribution is 2.16. The minimum Gasteiger partial charge on any atom is -0.353 e. The number of aromatic nitrogens is 1. The maximum atomic E-state index is 12.4. The number of pyridine rings is 1. The van der Waals surface area contributed by atoms with E-state index in [-0.39, 0.29) is 5.91 Å². The predicted molar refractivity (Wildman–Crippen MR) is 102 cm³/mol. The largest absolute Gasteiger partial charge is 0.353 e. The summed E-state index contributed by atoms with van der Waals surface area (Å²) in [6, 6.07) is 12.4. The number of hydrogen-bond donors (Lipinski definition) is 2. The van der Waals surface area contributed by atoms with Gasteiger partial charge in [0.15, 0.2) is 0 Å². The van der Waals surface area contributed by atoms with E-state index in [1.54, 1.807) is 30.5 Å². The van der Waals surface area contributed by atoms with E-state index >= 15 is 0 Å². The maximum absolute atomic E-state index is 12.4. The second-order valence-corrected chi connectivity index (χ2v) is 6.18. The number of rotatable bonds is 3. The molecule has 3 amide bonds. The van der Waals surface area contributed by atoms with Crippen molar-refractivity contribution in [3.63, 3.8) is 0 Å². The predicted octanol–water partition coefficient (Wildman–Crippen LogP) is 1.33. The van der Waals surface area contributed by atoms with Gasteiger partial charge < -0.3 is 20.4 Å². The van der Waals surface area contributed by atoms with E-state index in [0.29, 0.717) is 37.6 Å². The maximum Gasteiger partial charge on any atom is 0.313 e. The summed E-state index contributed by atoms with van der Waals surface area (Å²) in [5.41, 5.74) is 1.00. The van der Waals surface area contributed by atoms with Crippen molar-refractivity contribution in [2.45, 2.75) is 6.92 Å². The highest BCUT2D eigenvalue weighted by Gasteiger charge is 2.26. The third-order valence-corrected chi connectivity index (χ3v) is 4.18. The van der Waals surface area contributed by atoms with Crippen molar-refractivity contribution < 1.29 is 14.4 Å². The SMILES string of the molecule is CC(=O)Nc1cccc(NC(=O)C(=O)N2CCN(c3ccccn3)CC2)c1. The van der Waals surface area contributed by atoms with Gasteiger partial charge in [0.25, 0.3) is 0 Å². The van der Waals surface area contributed by atoms with Crippen molar-refractivity contribution in [1.29, 1.82) is 0 Å². The fourth-order valence-corrected chi connectivity index (χ4v) is 2.89. The molecular formula is C19H21N5O3. The molecule has 140 valence electrons. The molecule has 0 bridgehead atoms. The molecule has 2 aromatic rings. The summed E-state index contributed by atoms with van der Waals surface area (Å²) >= 11 is 0. The monoisotopic (exact) mass is 367 g/mol. The Morgan fingerprint density at radius 2 is 1.63 bits per heavy atom. The molecule has 1 aromatic heterocycles. The molecule has 8 nitrogen and oxygen atoms in total. The van der Waals surface area contributed by atoms with Crippen molar-refractivity contribution >= 4 is 34.9 Å². The molecule has 0 radical (unpaired) electrons. The molecule has 2 heterocycles. The van der Waals surface area contributed by atoms with Crippen molar-refractivity contribution in [3.05, 3.63) is 48.7 Å². The smallest absolute Gasteiger partial charge is 0.313 e. The van der Waals surface area contributed by atoms with Gasteiger partial charge in [-0.15, -0.1) is 0 Å². The first kappa shape index (κ1) is 18.4. The molecule has 1 fully saturated rings. The second kappa shape index (κ2) is 8.31. The average Bonchev–Trinajstić information content (AvgIpc) is 2.68. The van der Waals surface area contributed by atoms with Crippen LogP contribution in [0, 0.1) is 0 Å². The number of carbonyl (C=O) groups is 3. The van der Waals surface area contributed by atoms with Crippen LogP contribution in [0.4, 0.5) is 17.2 Å². The van der Waals surface area contributed by atoms with Crippen LogP contribution in [0.5, 0.6) is 0 Å². The molecule has 1 aliphatic rings. The summed E-state index contributed by atoms with van der Waals surface area (Å²) in [6.07, 6.45) is 1.73. The Bertz CT molecular complexity index is 832. The zero-order chi connectivity index (χ0) is 19.2. The van der Waals surface area contributed by atoms with Crippen molar-refractivity contribution in [1.82, 2.24) is 9.88 Å². The van der Waals surface area contributed by atoms with Gasteiger partial charge in [0, 0.05) is 50.7 Å². The zero-order valence-corrected chi connectivity index (χ0v) is 15.0. The van der Waals surface area contributed by atoms with E-state index in [4.69, 9.17) is 0 Å². The molecule has 2 N–H and O–H groups in total. The molecule has 27 heavy (non-hydrogen) atoms. The van der Waals surface area contributed by atoms with Crippen molar-refractivity contribution in [2.24, 2.45) is 0 Å². The quantitative estimate of drug-likeness (QED) is 0.798. The summed E-state index contributed by atoms with van der Waals surface area (Å²) < 4.78 is 0. The highest BCUT2D eigenvalue weighted by molar-refractivity contribution is 6.39. The number of hydrogen-bond acceptors (Lipinski definition) is 5. The van der Waals surface area contributed by atoms with E-state index < -0.39 is 11.8 Å². The second-order valence-electron chi connectivity index (χ2n) is 6.18. The van der Waals surface area contributed by atoms with E-state index in [1.165, 1.54) is 11.8 Å². The first-order valence-corrected chi connectivity index (χ1v) is 8.67. The van der Waals surface area contributed by atoms with Crippen LogP contribution in [0.15, 0.2) is 48.7 Å². The minimum absolute atomic E-state index is 0.208. The lowest BCUT2D eigenvalue weighted by atomic mass is 10.2. The van der Waals surface area contributed by atoms with Crippen LogP contribution in [0.1, 0.15) is 6.92 Å². The molecule has 0 atom stereocenters. The fraction of sp³-hybridized carbons (Fsp3) is 0.263. The van der Waals surface area contributed by atoms with Gasteiger partial charge in [0.1, 0.15) is 5.82 Å². The number of anilines is 3. The molecule has 1 saturated heterocycles. The van der Waals surface area contributed by atoms with E-state index in [9.17, 15) is 14.4 Å². The Hall–Kier alpha value is -3.42. The summed E-state index contributed by atoms with van der Waals surface area (Å²) in [7, 11) is 0. The lowest BCUT2D eigenvalue weighted by molar-refractivity contribution is -0.143. The Kier molecular flexibility index (Phi) is 5.65. The fourth-order valence-electron chi connectivity index (χ4n) is 2.89. The molecule has 0 unspecified atom stereocenters. The molecule has 3 rings (SSSR count). The molecule has 0 saturated carbocycles. The Morgan fingerprint density at radius 3 is 2.26 bits per heavy atom. The average molecular weight is 367 g/mol. The molecule has 0 spiro atoms. The van der Waals surface area contributed by atoms with Crippen molar-refractivity contribution in [2.75, 3.05) is 41.7 Å². The summed E-state index contributed by atoms with van der Waals surface area (Å²) in [5, 5.41) is 5.22. The van der Waals surface area contributed by atoms with Gasteiger partial charge in [-0.2, -0.15) is 0 Å². The van der Waals surface area contributed by atoms with E-state index in [0.717, 1.165) is 5.82 Å². The first-order valence-electron chi connectivity index (χ1n) is 8.67. The van der Waals surface area contributed by atoms with Crippen LogP contribution < -0.4 is 15.5 Å². The molecule has 1 aliphatic heterocycles. The number of carbonyl (C=O) groups excluding carboxylic acids is 3. The van der Waals surface area contributed by atoms with Gasteiger partial charge in [0.05, 0.1) is 0 Å². The lowest BCUT2D eigenvalue weighted by Gasteiger charge is -2.34.